The van der Waals surface area contributed by atoms with E-state index < -0.39 is 0 Å². The van der Waals surface area contributed by atoms with Crippen molar-refractivity contribution in [2.24, 2.45) is 5.10 Å². The molecule has 0 unspecified atom stereocenters. The van der Waals surface area contributed by atoms with Crippen molar-refractivity contribution in [3.8, 4) is 21.9 Å². The molecule has 2 aromatic carbocycles. The number of benzene rings is 2. The number of hydrogen-bond donors (Lipinski definition) is 1. The Morgan fingerprint density at radius 3 is 2.81 bits per heavy atom. The van der Waals surface area contributed by atoms with Crippen molar-refractivity contribution in [3.63, 3.8) is 0 Å². The van der Waals surface area contributed by atoms with Crippen LogP contribution in [0.1, 0.15) is 26.4 Å². The molecular formula is C21H18N2O3S. The van der Waals surface area contributed by atoms with Crippen molar-refractivity contribution in [2.45, 2.75) is 13.5 Å². The van der Waals surface area contributed by atoms with E-state index in [1.54, 1.807) is 13.3 Å². The molecule has 6 heteroatoms. The normalized spacial score (nSPS) is 12.2. The highest BCUT2D eigenvalue weighted by Crippen LogP contribution is 2.42. The Kier molecular flexibility index (Phi) is 4.64. The predicted octanol–water partition coefficient (Wildman–Crippen LogP) is 4.39. The van der Waals surface area contributed by atoms with E-state index in [0.29, 0.717) is 11.5 Å². The lowest BCUT2D eigenvalue weighted by Crippen LogP contribution is -2.16. The van der Waals surface area contributed by atoms with Crippen LogP contribution < -0.4 is 14.9 Å². The first-order valence-electron chi connectivity index (χ1n) is 8.48. The molecule has 0 fully saturated rings. The molecule has 2 heterocycles. The van der Waals surface area contributed by atoms with Gasteiger partial charge in [-0.3, -0.25) is 4.79 Å². The third-order valence-electron chi connectivity index (χ3n) is 4.29. The molecule has 136 valence electrons. The number of hydrogen-bond acceptors (Lipinski definition) is 5. The van der Waals surface area contributed by atoms with E-state index in [0.717, 1.165) is 38.6 Å². The molecule has 5 nitrogen and oxygen atoms in total. The van der Waals surface area contributed by atoms with Crippen molar-refractivity contribution < 1.29 is 14.3 Å². The quantitative estimate of drug-likeness (QED) is 0.541. The van der Waals surface area contributed by atoms with Crippen molar-refractivity contribution in [1.29, 1.82) is 0 Å². The van der Waals surface area contributed by atoms with Crippen LogP contribution >= 0.6 is 11.3 Å². The van der Waals surface area contributed by atoms with Gasteiger partial charge in [-0.25, -0.2) is 5.43 Å². The number of nitrogens with one attached hydrogen (secondary N) is 1. The van der Waals surface area contributed by atoms with E-state index >= 15 is 0 Å². The molecule has 0 saturated carbocycles. The average Bonchev–Trinajstić information content (AvgIpc) is 3.13. The fourth-order valence-electron chi connectivity index (χ4n) is 2.89. The lowest BCUT2D eigenvalue weighted by atomic mass is 10.0. The lowest BCUT2D eigenvalue weighted by Gasteiger charge is -2.17. The number of hydrazone groups is 1. The first-order valence-corrected chi connectivity index (χ1v) is 9.29. The molecule has 4 rings (SSSR count). The maximum Gasteiger partial charge on any atom is 0.281 e. The van der Waals surface area contributed by atoms with Crippen LogP contribution in [-0.4, -0.2) is 19.2 Å². The zero-order valence-corrected chi connectivity index (χ0v) is 15.8. The standard InChI is InChI=1S/C21H18N2O3S/c1-13-3-8-18-17(9-13)20-15(12-26-18)10-19(27-20)21(24)23-22-11-14-4-6-16(25-2)7-5-14/h3-11H,12H2,1-2H3,(H,23,24)/b22-11+. The second kappa shape index (κ2) is 7.25. The minimum absolute atomic E-state index is 0.228. The summed E-state index contributed by atoms with van der Waals surface area (Å²) in [4.78, 5) is 14.2. The van der Waals surface area contributed by atoms with Gasteiger partial charge in [0.25, 0.3) is 5.91 Å². The highest BCUT2D eigenvalue weighted by Gasteiger charge is 2.22. The summed E-state index contributed by atoms with van der Waals surface area (Å²) in [6.45, 7) is 2.52. The zero-order valence-electron chi connectivity index (χ0n) is 15.0. The Morgan fingerprint density at radius 1 is 1.22 bits per heavy atom. The number of thiophene rings is 1. The second-order valence-electron chi connectivity index (χ2n) is 6.23. The van der Waals surface area contributed by atoms with E-state index in [2.05, 4.69) is 16.6 Å². The van der Waals surface area contributed by atoms with Crippen molar-refractivity contribution in [1.82, 2.24) is 5.43 Å². The van der Waals surface area contributed by atoms with Gasteiger partial charge >= 0.3 is 0 Å². The van der Waals surface area contributed by atoms with Crippen LogP contribution in [0.25, 0.3) is 10.4 Å². The van der Waals surface area contributed by atoms with Gasteiger partial charge in [-0.1, -0.05) is 11.6 Å². The van der Waals surface area contributed by atoms with E-state index in [1.165, 1.54) is 11.3 Å². The molecule has 0 spiro atoms. The monoisotopic (exact) mass is 378 g/mol. The van der Waals surface area contributed by atoms with Gasteiger partial charge in [0.2, 0.25) is 0 Å². The van der Waals surface area contributed by atoms with Crippen molar-refractivity contribution in [2.75, 3.05) is 7.11 Å². The Morgan fingerprint density at radius 2 is 2.04 bits per heavy atom. The summed E-state index contributed by atoms with van der Waals surface area (Å²) in [5.41, 5.74) is 6.70. The van der Waals surface area contributed by atoms with Gasteiger partial charge in [0.1, 0.15) is 18.1 Å². The molecule has 1 N–H and O–H groups in total. The number of carbonyl (C=O) groups excluding carboxylic acids is 1. The minimum Gasteiger partial charge on any atom is -0.497 e. The molecule has 3 aromatic rings. The van der Waals surface area contributed by atoms with Gasteiger partial charge < -0.3 is 9.47 Å². The second-order valence-corrected chi connectivity index (χ2v) is 7.28. The van der Waals surface area contributed by atoms with Crippen LogP contribution in [0, 0.1) is 6.92 Å². The molecule has 0 saturated heterocycles. The highest BCUT2D eigenvalue weighted by molar-refractivity contribution is 7.17. The highest BCUT2D eigenvalue weighted by atomic mass is 32.1. The van der Waals surface area contributed by atoms with Crippen LogP contribution in [0.4, 0.5) is 0 Å². The summed E-state index contributed by atoms with van der Waals surface area (Å²) < 4.78 is 10.9. The Bertz CT molecular complexity index is 1020. The van der Waals surface area contributed by atoms with Crippen molar-refractivity contribution in [3.05, 3.63) is 70.1 Å². The van der Waals surface area contributed by atoms with Crippen LogP contribution in [0.2, 0.25) is 0 Å². The molecule has 0 aliphatic carbocycles. The molecule has 27 heavy (non-hydrogen) atoms. The number of aryl methyl sites for hydroxylation is 1. The van der Waals surface area contributed by atoms with Gasteiger partial charge in [0, 0.05) is 16.0 Å². The summed E-state index contributed by atoms with van der Waals surface area (Å²) in [7, 11) is 1.62. The fourth-order valence-corrected chi connectivity index (χ4v) is 3.97. The summed E-state index contributed by atoms with van der Waals surface area (Å²) in [6, 6.07) is 15.4. The molecule has 1 aliphatic rings. The summed E-state index contributed by atoms with van der Waals surface area (Å²) >= 11 is 1.46. The number of amides is 1. The maximum atomic E-state index is 12.5. The SMILES string of the molecule is COc1ccc(/C=N/NC(=O)c2cc3c(s2)-c2cc(C)ccc2OC3)cc1. The molecule has 1 aromatic heterocycles. The molecule has 1 aliphatic heterocycles. The van der Waals surface area contributed by atoms with Gasteiger partial charge in [-0.15, -0.1) is 11.3 Å². The Hall–Kier alpha value is -3.12. The summed E-state index contributed by atoms with van der Waals surface area (Å²) in [6.07, 6.45) is 1.60. The van der Waals surface area contributed by atoms with Crippen LogP contribution in [0.5, 0.6) is 11.5 Å². The topological polar surface area (TPSA) is 59.9 Å². The first-order chi connectivity index (χ1) is 13.1. The predicted molar refractivity (Wildman–Crippen MR) is 107 cm³/mol. The van der Waals surface area contributed by atoms with Gasteiger partial charge in [0.15, 0.2) is 0 Å². The van der Waals surface area contributed by atoms with Gasteiger partial charge in [-0.05, 0) is 55.0 Å². The van der Waals surface area contributed by atoms with Gasteiger partial charge in [0.05, 0.1) is 18.2 Å². The van der Waals surface area contributed by atoms with Crippen LogP contribution in [-0.2, 0) is 6.61 Å². The summed E-state index contributed by atoms with van der Waals surface area (Å²) in [5, 5.41) is 4.05. The number of carbonyl (C=O) groups is 1. The molecule has 0 bridgehead atoms. The van der Waals surface area contributed by atoms with E-state index in [9.17, 15) is 4.79 Å². The third-order valence-corrected chi connectivity index (χ3v) is 5.50. The number of methoxy groups -OCH3 is 1. The van der Waals surface area contributed by atoms with Crippen molar-refractivity contribution >= 4 is 23.5 Å². The van der Waals surface area contributed by atoms with Crippen LogP contribution in [0.3, 0.4) is 0 Å². The maximum absolute atomic E-state index is 12.5. The largest absolute Gasteiger partial charge is 0.497 e. The zero-order chi connectivity index (χ0) is 18.8. The number of ether oxygens (including phenoxy) is 2. The van der Waals surface area contributed by atoms with E-state index in [-0.39, 0.29) is 5.91 Å². The third kappa shape index (κ3) is 3.57. The Labute approximate surface area is 161 Å². The lowest BCUT2D eigenvalue weighted by molar-refractivity contribution is 0.0959. The van der Waals surface area contributed by atoms with Crippen LogP contribution in [0.15, 0.2) is 53.6 Å². The Balaban J connectivity index is 1.49. The smallest absolute Gasteiger partial charge is 0.281 e. The number of fused-ring (bicyclic) bond motifs is 3. The first kappa shape index (κ1) is 17.3. The van der Waals surface area contributed by atoms with Gasteiger partial charge in [-0.2, -0.15) is 5.10 Å². The fraction of sp³-hybridized carbons (Fsp3) is 0.143. The summed E-state index contributed by atoms with van der Waals surface area (Å²) in [5.74, 6) is 1.41. The average molecular weight is 378 g/mol. The molecule has 1 amide bonds. The molecular weight excluding hydrogens is 360 g/mol. The van der Waals surface area contributed by atoms with E-state index in [1.807, 2.05) is 49.4 Å². The minimum atomic E-state index is -0.228. The number of nitrogens with zero attached hydrogens (tertiary/aromatic N) is 1. The molecule has 0 radical (unpaired) electrons. The van der Waals surface area contributed by atoms with E-state index in [4.69, 9.17) is 9.47 Å². The molecule has 0 atom stereocenters. The number of rotatable bonds is 4.